The molecule has 0 atom stereocenters. The normalized spacial score (nSPS) is 14.1. The van der Waals surface area contributed by atoms with Crippen molar-refractivity contribution in [1.29, 1.82) is 0 Å². The van der Waals surface area contributed by atoms with Crippen LogP contribution in [0.15, 0.2) is 72.9 Å². The second-order valence-electron chi connectivity index (χ2n) is 6.39. The highest BCUT2D eigenvalue weighted by Crippen LogP contribution is 2.21. The lowest BCUT2D eigenvalue weighted by atomic mass is 10.1. The van der Waals surface area contributed by atoms with E-state index in [1.54, 1.807) is 41.6 Å². The monoisotopic (exact) mass is 364 g/mol. The van der Waals surface area contributed by atoms with Crippen molar-refractivity contribution in [2.75, 3.05) is 0 Å². The number of nitrogens with zero attached hydrogens (tertiary/aromatic N) is 2. The molecule has 6 heteroatoms. The average molecular weight is 364 g/mol. The molecule has 138 valence electrons. The highest BCUT2D eigenvalue weighted by atomic mass is 19.1. The minimum absolute atomic E-state index is 0.258. The maximum Gasteiger partial charge on any atom is 0.322 e. The van der Waals surface area contributed by atoms with E-state index in [2.05, 4.69) is 16.9 Å². The van der Waals surface area contributed by atoms with Gasteiger partial charge in [-0.3, -0.25) is 4.98 Å². The zero-order valence-corrected chi connectivity index (χ0v) is 15.1. The number of hydrogen-bond acceptors (Lipinski definition) is 3. The van der Waals surface area contributed by atoms with E-state index >= 15 is 0 Å². The third-order valence-electron chi connectivity index (χ3n) is 4.43. The number of benzene rings is 1. The van der Waals surface area contributed by atoms with Crippen molar-refractivity contribution in [3.8, 4) is 0 Å². The molecular formula is C21H21FN4O. The Labute approximate surface area is 157 Å². The molecule has 0 aliphatic carbocycles. The molecule has 1 aliphatic rings. The number of nitrogens with two attached hydrogens (primary N) is 1. The number of amides is 2. The summed E-state index contributed by atoms with van der Waals surface area (Å²) < 4.78 is 13.0. The zero-order chi connectivity index (χ0) is 19.4. The van der Waals surface area contributed by atoms with E-state index in [-0.39, 0.29) is 11.8 Å². The third kappa shape index (κ3) is 4.41. The van der Waals surface area contributed by atoms with Crippen LogP contribution >= 0.6 is 0 Å². The van der Waals surface area contributed by atoms with Crippen LogP contribution in [0.2, 0.25) is 0 Å². The molecule has 0 saturated carbocycles. The van der Waals surface area contributed by atoms with Crippen molar-refractivity contribution in [2.24, 2.45) is 5.73 Å². The van der Waals surface area contributed by atoms with Gasteiger partial charge in [-0.05, 0) is 53.5 Å². The number of carbonyl (C=O) groups excluding carboxylic acids is 1. The van der Waals surface area contributed by atoms with Gasteiger partial charge in [0.1, 0.15) is 5.82 Å². The minimum Gasteiger partial charge on any atom is -0.397 e. The number of halogens is 1. The molecule has 1 aromatic carbocycles. The molecule has 3 rings (SSSR count). The molecule has 1 aliphatic heterocycles. The number of urea groups is 1. The van der Waals surface area contributed by atoms with E-state index in [1.807, 2.05) is 13.0 Å². The first-order chi connectivity index (χ1) is 12.9. The molecule has 5 nitrogen and oxygen atoms in total. The van der Waals surface area contributed by atoms with Crippen molar-refractivity contribution in [3.63, 3.8) is 0 Å². The van der Waals surface area contributed by atoms with Gasteiger partial charge >= 0.3 is 6.03 Å². The molecule has 3 N–H and O–H groups in total. The number of fused-ring (bicyclic) bond motifs is 1. The summed E-state index contributed by atoms with van der Waals surface area (Å²) in [5.74, 6) is -0.280. The number of pyridine rings is 1. The van der Waals surface area contributed by atoms with E-state index in [0.717, 1.165) is 22.3 Å². The van der Waals surface area contributed by atoms with Gasteiger partial charge in [0, 0.05) is 25.5 Å². The quantitative estimate of drug-likeness (QED) is 0.813. The Bertz CT molecular complexity index is 906. The molecule has 0 bridgehead atoms. The lowest BCUT2D eigenvalue weighted by molar-refractivity contribution is 0.201. The van der Waals surface area contributed by atoms with E-state index in [9.17, 15) is 9.18 Å². The molecule has 2 aromatic rings. The van der Waals surface area contributed by atoms with E-state index < -0.39 is 0 Å². The molecule has 27 heavy (non-hydrogen) atoms. The second-order valence-corrected chi connectivity index (χ2v) is 6.39. The average Bonchev–Trinajstić information content (AvgIpc) is 3.10. The summed E-state index contributed by atoms with van der Waals surface area (Å²) in [5.41, 5.74) is 10.6. The molecular weight excluding hydrogens is 343 g/mol. The largest absolute Gasteiger partial charge is 0.397 e. The summed E-state index contributed by atoms with van der Waals surface area (Å²) in [6.45, 7) is 6.77. The summed E-state index contributed by atoms with van der Waals surface area (Å²) in [4.78, 5) is 18.2. The molecule has 0 fully saturated rings. The Morgan fingerprint density at radius 1 is 1.22 bits per heavy atom. The Morgan fingerprint density at radius 2 is 1.93 bits per heavy atom. The van der Waals surface area contributed by atoms with E-state index in [4.69, 9.17) is 5.73 Å². The van der Waals surface area contributed by atoms with Gasteiger partial charge in [-0.1, -0.05) is 24.8 Å². The molecule has 0 saturated heterocycles. The van der Waals surface area contributed by atoms with Gasteiger partial charge in [0.25, 0.3) is 0 Å². The van der Waals surface area contributed by atoms with Gasteiger partial charge in [-0.2, -0.15) is 0 Å². The van der Waals surface area contributed by atoms with Crippen molar-refractivity contribution in [2.45, 2.75) is 20.0 Å². The molecule has 1 aromatic heterocycles. The predicted octanol–water partition coefficient (Wildman–Crippen LogP) is 3.71. The standard InChI is InChI=1S/C21H21FN4O/c1-14(16-4-6-19(22)7-5-16)3-8-20(23)15(2)25-21(27)26-12-17-9-10-24-11-18(17)13-26/h3-11H,2,12-13,23H2,1H3,(H,25,27)/b14-3+,20-8+. The minimum atomic E-state index is -0.280. The van der Waals surface area contributed by atoms with Crippen molar-refractivity contribution in [3.05, 3.63) is 95.4 Å². The highest BCUT2D eigenvalue weighted by molar-refractivity contribution is 5.77. The van der Waals surface area contributed by atoms with Crippen molar-refractivity contribution in [1.82, 2.24) is 15.2 Å². The summed E-state index contributed by atoms with van der Waals surface area (Å²) in [6.07, 6.45) is 6.96. The number of rotatable bonds is 4. The Morgan fingerprint density at radius 3 is 2.63 bits per heavy atom. The maximum absolute atomic E-state index is 13.0. The van der Waals surface area contributed by atoms with E-state index in [0.29, 0.717) is 24.5 Å². The molecule has 0 spiro atoms. The predicted molar refractivity (Wildman–Crippen MR) is 103 cm³/mol. The summed E-state index contributed by atoms with van der Waals surface area (Å²) in [5, 5.41) is 2.73. The fourth-order valence-electron chi connectivity index (χ4n) is 2.77. The molecule has 0 radical (unpaired) electrons. The van der Waals surface area contributed by atoms with Gasteiger partial charge in [-0.15, -0.1) is 0 Å². The summed E-state index contributed by atoms with van der Waals surface area (Å²) in [7, 11) is 0. The first kappa shape index (κ1) is 18.4. The summed E-state index contributed by atoms with van der Waals surface area (Å²) >= 11 is 0. The molecule has 0 unspecified atom stereocenters. The molecule has 2 amide bonds. The number of aromatic nitrogens is 1. The number of carbonyl (C=O) groups is 1. The number of nitrogens with one attached hydrogen (secondary N) is 1. The van der Waals surface area contributed by atoms with Gasteiger partial charge < -0.3 is 16.0 Å². The van der Waals surface area contributed by atoms with Crippen LogP contribution < -0.4 is 11.1 Å². The van der Waals surface area contributed by atoms with Crippen LogP contribution in [0, 0.1) is 5.82 Å². The first-order valence-corrected chi connectivity index (χ1v) is 8.51. The fraction of sp³-hybridized carbons (Fsp3) is 0.143. The first-order valence-electron chi connectivity index (χ1n) is 8.51. The van der Waals surface area contributed by atoms with Crippen LogP contribution in [0.3, 0.4) is 0 Å². The second kappa shape index (κ2) is 7.86. The zero-order valence-electron chi connectivity index (χ0n) is 15.1. The summed E-state index contributed by atoms with van der Waals surface area (Å²) in [6, 6.07) is 7.86. The lowest BCUT2D eigenvalue weighted by Crippen LogP contribution is -2.36. The van der Waals surface area contributed by atoms with Crippen LogP contribution in [0.1, 0.15) is 23.6 Å². The third-order valence-corrected chi connectivity index (χ3v) is 4.43. The number of hydrogen-bond donors (Lipinski definition) is 2. The highest BCUT2D eigenvalue weighted by Gasteiger charge is 2.23. The molecule has 2 heterocycles. The fourth-order valence-corrected chi connectivity index (χ4v) is 2.77. The topological polar surface area (TPSA) is 71.2 Å². The van der Waals surface area contributed by atoms with Crippen LogP contribution in [0.4, 0.5) is 9.18 Å². The van der Waals surface area contributed by atoms with Crippen molar-refractivity contribution < 1.29 is 9.18 Å². The maximum atomic E-state index is 13.0. The van der Waals surface area contributed by atoms with Crippen LogP contribution in [-0.4, -0.2) is 15.9 Å². The van der Waals surface area contributed by atoms with Gasteiger partial charge in [0.2, 0.25) is 0 Å². The van der Waals surface area contributed by atoms with Gasteiger partial charge in [0.05, 0.1) is 11.4 Å². The van der Waals surface area contributed by atoms with E-state index in [1.165, 1.54) is 12.1 Å². The number of allylic oxidation sites excluding steroid dienone is 3. The smallest absolute Gasteiger partial charge is 0.322 e. The Balaban J connectivity index is 1.60. The SMILES string of the molecule is C=C(NC(=O)N1Cc2ccncc2C1)/C(N)=C\C=C(/C)c1ccc(F)cc1. The Hall–Kier alpha value is -3.41. The van der Waals surface area contributed by atoms with Crippen LogP contribution in [0.5, 0.6) is 0 Å². The van der Waals surface area contributed by atoms with Crippen molar-refractivity contribution >= 4 is 11.6 Å². The van der Waals surface area contributed by atoms with Gasteiger partial charge in [0.15, 0.2) is 0 Å². The van der Waals surface area contributed by atoms with Crippen LogP contribution in [0.25, 0.3) is 5.57 Å². The van der Waals surface area contributed by atoms with Crippen LogP contribution in [-0.2, 0) is 13.1 Å². The Kier molecular flexibility index (Phi) is 5.35. The van der Waals surface area contributed by atoms with Gasteiger partial charge in [-0.25, -0.2) is 9.18 Å². The lowest BCUT2D eigenvalue weighted by Gasteiger charge is -2.17.